The summed E-state index contributed by atoms with van der Waals surface area (Å²) in [6.07, 6.45) is 3.60. The third-order valence-corrected chi connectivity index (χ3v) is 6.52. The SMILES string of the molecule is CC(C)C(=O)N1CCC2(CC1)C(=O)N(C)c1ccc(C(=O)NCC3CC3)cc12. The Hall–Kier alpha value is -2.37. The van der Waals surface area contributed by atoms with Gasteiger partial charge in [0.15, 0.2) is 0 Å². The van der Waals surface area contributed by atoms with Crippen LogP contribution in [0.2, 0.25) is 0 Å². The second-order valence-corrected chi connectivity index (χ2v) is 8.81. The Balaban J connectivity index is 1.58. The van der Waals surface area contributed by atoms with Crippen molar-refractivity contribution in [3.63, 3.8) is 0 Å². The highest BCUT2D eigenvalue weighted by Crippen LogP contribution is 2.47. The first-order chi connectivity index (χ1) is 13.3. The number of rotatable bonds is 4. The Bertz CT molecular complexity index is 820. The van der Waals surface area contributed by atoms with Crippen LogP contribution in [0.3, 0.4) is 0 Å². The first-order valence-electron chi connectivity index (χ1n) is 10.3. The zero-order chi connectivity index (χ0) is 20.1. The number of likely N-dealkylation sites (tertiary alicyclic amines) is 1. The second-order valence-electron chi connectivity index (χ2n) is 8.81. The molecule has 0 atom stereocenters. The molecule has 1 aromatic carbocycles. The van der Waals surface area contributed by atoms with E-state index in [0.717, 1.165) is 17.8 Å². The predicted molar refractivity (Wildman–Crippen MR) is 107 cm³/mol. The predicted octanol–water partition coefficient (Wildman–Crippen LogP) is 2.32. The number of hydrogen-bond acceptors (Lipinski definition) is 3. The molecule has 2 aliphatic heterocycles. The summed E-state index contributed by atoms with van der Waals surface area (Å²) in [5.74, 6) is 0.737. The molecule has 0 aromatic heterocycles. The number of anilines is 1. The van der Waals surface area contributed by atoms with Crippen LogP contribution >= 0.6 is 0 Å². The lowest BCUT2D eigenvalue weighted by Crippen LogP contribution is -2.50. The minimum absolute atomic E-state index is 0.0370. The molecule has 28 heavy (non-hydrogen) atoms. The van der Waals surface area contributed by atoms with Crippen molar-refractivity contribution in [2.45, 2.75) is 44.9 Å². The zero-order valence-electron chi connectivity index (χ0n) is 17.0. The van der Waals surface area contributed by atoms with Gasteiger partial charge in [-0.15, -0.1) is 0 Å². The Morgan fingerprint density at radius 1 is 1.21 bits per heavy atom. The van der Waals surface area contributed by atoms with Gasteiger partial charge >= 0.3 is 0 Å². The van der Waals surface area contributed by atoms with E-state index in [-0.39, 0.29) is 23.6 Å². The molecule has 1 N–H and O–H groups in total. The van der Waals surface area contributed by atoms with E-state index in [2.05, 4.69) is 5.32 Å². The first-order valence-corrected chi connectivity index (χ1v) is 10.3. The average Bonchev–Trinajstić information content (AvgIpc) is 3.51. The molecule has 1 spiro atoms. The lowest BCUT2D eigenvalue weighted by molar-refractivity contribution is -0.138. The molecule has 3 amide bonds. The molecule has 150 valence electrons. The van der Waals surface area contributed by atoms with Crippen molar-refractivity contribution in [2.24, 2.45) is 11.8 Å². The summed E-state index contributed by atoms with van der Waals surface area (Å²) in [5.41, 5.74) is 1.82. The molecule has 3 aliphatic rings. The van der Waals surface area contributed by atoms with Gasteiger partial charge in [-0.3, -0.25) is 14.4 Å². The molecule has 1 saturated carbocycles. The normalized spacial score (nSPS) is 20.6. The minimum Gasteiger partial charge on any atom is -0.352 e. The van der Waals surface area contributed by atoms with Gasteiger partial charge in [0.25, 0.3) is 5.91 Å². The van der Waals surface area contributed by atoms with Crippen molar-refractivity contribution in [3.8, 4) is 0 Å². The van der Waals surface area contributed by atoms with Crippen molar-refractivity contribution in [1.82, 2.24) is 10.2 Å². The van der Waals surface area contributed by atoms with Crippen LogP contribution in [-0.4, -0.2) is 49.3 Å². The fraction of sp³-hybridized carbons (Fsp3) is 0.591. The Labute approximate surface area is 166 Å². The summed E-state index contributed by atoms with van der Waals surface area (Å²) in [6.45, 7) is 5.69. The van der Waals surface area contributed by atoms with Gasteiger partial charge in [0, 0.05) is 43.9 Å². The van der Waals surface area contributed by atoms with Gasteiger partial charge < -0.3 is 15.1 Å². The minimum atomic E-state index is -0.620. The van der Waals surface area contributed by atoms with E-state index in [9.17, 15) is 14.4 Å². The number of nitrogens with one attached hydrogen (secondary N) is 1. The maximum Gasteiger partial charge on any atom is 0.251 e. The summed E-state index contributed by atoms with van der Waals surface area (Å²) in [6, 6.07) is 5.60. The van der Waals surface area contributed by atoms with Crippen LogP contribution in [0.25, 0.3) is 0 Å². The fourth-order valence-corrected chi connectivity index (χ4v) is 4.52. The van der Waals surface area contributed by atoms with Crippen molar-refractivity contribution in [3.05, 3.63) is 29.3 Å². The summed E-state index contributed by atoms with van der Waals surface area (Å²) < 4.78 is 0. The van der Waals surface area contributed by atoms with Gasteiger partial charge in [-0.1, -0.05) is 13.8 Å². The molecule has 1 aromatic rings. The smallest absolute Gasteiger partial charge is 0.251 e. The zero-order valence-corrected chi connectivity index (χ0v) is 17.0. The van der Waals surface area contributed by atoms with Gasteiger partial charge in [-0.25, -0.2) is 0 Å². The number of likely N-dealkylation sites (N-methyl/N-ethyl adjacent to an activating group) is 1. The largest absolute Gasteiger partial charge is 0.352 e. The van der Waals surface area contributed by atoms with Crippen molar-refractivity contribution < 1.29 is 14.4 Å². The summed E-state index contributed by atoms with van der Waals surface area (Å²) >= 11 is 0. The third-order valence-electron chi connectivity index (χ3n) is 6.52. The van der Waals surface area contributed by atoms with E-state index in [1.165, 1.54) is 12.8 Å². The number of benzene rings is 1. The standard InChI is InChI=1S/C22H29N3O3/c1-14(2)20(27)25-10-8-22(9-11-25)17-12-16(19(26)23-13-15-4-5-15)6-7-18(17)24(3)21(22)28/h6-7,12,14-15H,4-5,8-11,13H2,1-3H3,(H,23,26). The summed E-state index contributed by atoms with van der Waals surface area (Å²) in [5, 5.41) is 3.01. The van der Waals surface area contributed by atoms with E-state index in [1.54, 1.807) is 18.0 Å². The first kappa shape index (κ1) is 19.0. The number of amides is 3. The Morgan fingerprint density at radius 3 is 2.50 bits per heavy atom. The molecule has 1 saturated heterocycles. The Kier molecular flexibility index (Phi) is 4.68. The van der Waals surface area contributed by atoms with Gasteiger partial charge in [-0.05, 0) is 55.4 Å². The fourth-order valence-electron chi connectivity index (χ4n) is 4.52. The van der Waals surface area contributed by atoms with Crippen LogP contribution in [0, 0.1) is 11.8 Å². The van der Waals surface area contributed by atoms with Gasteiger partial charge in [-0.2, -0.15) is 0 Å². The maximum absolute atomic E-state index is 13.2. The van der Waals surface area contributed by atoms with Gasteiger partial charge in [0.1, 0.15) is 0 Å². The highest BCUT2D eigenvalue weighted by molar-refractivity contribution is 6.09. The van der Waals surface area contributed by atoms with Crippen LogP contribution < -0.4 is 10.2 Å². The number of carbonyl (C=O) groups excluding carboxylic acids is 3. The van der Waals surface area contributed by atoms with E-state index < -0.39 is 5.41 Å². The van der Waals surface area contributed by atoms with Gasteiger partial charge in [0.05, 0.1) is 5.41 Å². The number of fused-ring (bicyclic) bond motifs is 2. The third kappa shape index (κ3) is 3.09. The van der Waals surface area contributed by atoms with Crippen molar-refractivity contribution >= 4 is 23.4 Å². The van der Waals surface area contributed by atoms with Crippen LogP contribution in [0.5, 0.6) is 0 Å². The summed E-state index contributed by atoms with van der Waals surface area (Å²) in [7, 11) is 1.80. The van der Waals surface area contributed by atoms with Crippen LogP contribution in [0.1, 0.15) is 55.5 Å². The molecule has 6 nitrogen and oxygen atoms in total. The number of hydrogen-bond donors (Lipinski definition) is 1. The molecule has 4 rings (SSSR count). The quantitative estimate of drug-likeness (QED) is 0.867. The Morgan fingerprint density at radius 2 is 1.89 bits per heavy atom. The lowest BCUT2D eigenvalue weighted by Gasteiger charge is -2.39. The second kappa shape index (κ2) is 6.90. The molecule has 6 heteroatoms. The molecule has 0 radical (unpaired) electrons. The summed E-state index contributed by atoms with van der Waals surface area (Å²) in [4.78, 5) is 41.7. The highest BCUT2D eigenvalue weighted by Gasteiger charge is 2.51. The van der Waals surface area contributed by atoms with E-state index in [0.29, 0.717) is 37.4 Å². The van der Waals surface area contributed by atoms with E-state index >= 15 is 0 Å². The monoisotopic (exact) mass is 383 g/mol. The average molecular weight is 383 g/mol. The van der Waals surface area contributed by atoms with E-state index in [4.69, 9.17) is 0 Å². The number of piperidine rings is 1. The molecular weight excluding hydrogens is 354 g/mol. The number of nitrogens with zero attached hydrogens (tertiary/aromatic N) is 2. The molecule has 2 heterocycles. The van der Waals surface area contributed by atoms with Crippen LogP contribution in [0.15, 0.2) is 18.2 Å². The number of carbonyl (C=O) groups is 3. The molecular formula is C22H29N3O3. The highest BCUT2D eigenvalue weighted by atomic mass is 16.2. The van der Waals surface area contributed by atoms with E-state index in [1.807, 2.05) is 30.9 Å². The molecule has 1 aliphatic carbocycles. The molecule has 2 fully saturated rings. The van der Waals surface area contributed by atoms with Crippen LogP contribution in [-0.2, 0) is 15.0 Å². The van der Waals surface area contributed by atoms with Gasteiger partial charge in [0.2, 0.25) is 11.8 Å². The topological polar surface area (TPSA) is 69.7 Å². The van der Waals surface area contributed by atoms with Crippen LogP contribution in [0.4, 0.5) is 5.69 Å². The van der Waals surface area contributed by atoms with Crippen molar-refractivity contribution in [2.75, 3.05) is 31.6 Å². The molecule has 0 bridgehead atoms. The lowest BCUT2D eigenvalue weighted by atomic mass is 9.73. The molecule has 0 unspecified atom stereocenters. The maximum atomic E-state index is 13.2. The van der Waals surface area contributed by atoms with Crippen molar-refractivity contribution in [1.29, 1.82) is 0 Å².